The number of carbonyl (C=O) groups is 2. The molecule has 0 atom stereocenters. The van der Waals surface area contributed by atoms with Crippen LogP contribution in [0, 0.1) is 0 Å². The van der Waals surface area contributed by atoms with Crippen LogP contribution in [0.15, 0.2) is 0 Å². The fourth-order valence-electron chi connectivity index (χ4n) is 1.21. The molecular formula is C10H19NO6S. The van der Waals surface area contributed by atoms with Crippen LogP contribution in [0.4, 0.5) is 0 Å². The van der Waals surface area contributed by atoms with Crippen LogP contribution in [0.3, 0.4) is 0 Å². The van der Waals surface area contributed by atoms with Gasteiger partial charge in [-0.1, -0.05) is 0 Å². The summed E-state index contributed by atoms with van der Waals surface area (Å²) >= 11 is 0. The van der Waals surface area contributed by atoms with E-state index < -0.39 is 27.5 Å². The molecule has 0 aliphatic heterocycles. The maximum atomic E-state index is 11.5. The summed E-state index contributed by atoms with van der Waals surface area (Å²) in [5, 5.41) is 10.8. The Hall–Kier alpha value is -1.15. The number of nitrogens with one attached hydrogen (secondary N) is 1. The molecule has 7 nitrogen and oxygen atoms in total. The Balaban J connectivity index is 3.85. The average molecular weight is 281 g/mol. The first-order valence-electron chi connectivity index (χ1n) is 5.55. The molecule has 2 N–H and O–H groups in total. The molecule has 0 fully saturated rings. The van der Waals surface area contributed by atoms with Gasteiger partial charge in [0.2, 0.25) is 5.91 Å². The minimum absolute atomic E-state index is 0.0600. The molecule has 0 unspecified atom stereocenters. The second kappa shape index (κ2) is 8.87. The highest BCUT2D eigenvalue weighted by atomic mass is 32.2. The Labute approximate surface area is 106 Å². The number of carbonyl (C=O) groups excluding carboxylic acids is 1. The average Bonchev–Trinajstić information content (AvgIpc) is 2.24. The molecule has 0 radical (unpaired) electrons. The predicted octanol–water partition coefficient (Wildman–Crippen LogP) is -0.581. The molecule has 0 saturated heterocycles. The number of methoxy groups -OCH3 is 1. The third-order valence-electron chi connectivity index (χ3n) is 2.08. The molecule has 0 spiro atoms. The van der Waals surface area contributed by atoms with Gasteiger partial charge in [-0.05, 0) is 12.8 Å². The lowest BCUT2D eigenvalue weighted by atomic mass is 10.3. The summed E-state index contributed by atoms with van der Waals surface area (Å²) in [5.74, 6) is -2.25. The zero-order chi connectivity index (χ0) is 14.0. The quantitative estimate of drug-likeness (QED) is 0.518. The van der Waals surface area contributed by atoms with Gasteiger partial charge >= 0.3 is 5.97 Å². The Morgan fingerprint density at radius 2 is 1.94 bits per heavy atom. The largest absolute Gasteiger partial charge is 0.481 e. The minimum atomic E-state index is -3.46. The number of carboxylic acids is 1. The summed E-state index contributed by atoms with van der Waals surface area (Å²) in [4.78, 5) is 21.5. The van der Waals surface area contributed by atoms with E-state index in [1.54, 1.807) is 0 Å². The molecular weight excluding hydrogens is 262 g/mol. The Morgan fingerprint density at radius 3 is 2.50 bits per heavy atom. The van der Waals surface area contributed by atoms with Crippen molar-refractivity contribution in [3.8, 4) is 0 Å². The van der Waals surface area contributed by atoms with Crippen LogP contribution in [0.2, 0.25) is 0 Å². The van der Waals surface area contributed by atoms with Gasteiger partial charge in [-0.2, -0.15) is 0 Å². The molecule has 106 valence electrons. The summed E-state index contributed by atoms with van der Waals surface area (Å²) in [6.45, 7) is 0.592. The fourth-order valence-corrected chi connectivity index (χ4v) is 2.50. The monoisotopic (exact) mass is 281 g/mol. The van der Waals surface area contributed by atoms with Crippen molar-refractivity contribution in [1.82, 2.24) is 5.32 Å². The van der Waals surface area contributed by atoms with Gasteiger partial charge in [0.25, 0.3) is 0 Å². The second-order valence-corrected chi connectivity index (χ2v) is 5.97. The number of aliphatic carboxylic acids is 1. The Morgan fingerprint density at radius 1 is 1.28 bits per heavy atom. The smallest absolute Gasteiger partial charge is 0.303 e. The minimum Gasteiger partial charge on any atom is -0.481 e. The molecule has 0 aliphatic rings. The first kappa shape index (κ1) is 16.9. The lowest BCUT2D eigenvalue weighted by molar-refractivity contribution is -0.137. The van der Waals surface area contributed by atoms with Crippen LogP contribution in [0.1, 0.15) is 19.3 Å². The number of unbranched alkanes of at least 4 members (excludes halogenated alkanes) is 1. The molecule has 0 heterocycles. The van der Waals surface area contributed by atoms with Crippen molar-refractivity contribution in [1.29, 1.82) is 0 Å². The van der Waals surface area contributed by atoms with Gasteiger partial charge in [0.15, 0.2) is 9.84 Å². The summed E-state index contributed by atoms with van der Waals surface area (Å²) < 4.78 is 27.7. The molecule has 1 amide bonds. The molecule has 8 heteroatoms. The second-order valence-electron chi connectivity index (χ2n) is 3.79. The Kier molecular flexibility index (Phi) is 8.30. The van der Waals surface area contributed by atoms with E-state index in [-0.39, 0.29) is 25.1 Å². The van der Waals surface area contributed by atoms with E-state index in [4.69, 9.17) is 9.84 Å². The number of ether oxygens (including phenoxy) is 1. The molecule has 0 rings (SSSR count). The van der Waals surface area contributed by atoms with E-state index in [1.807, 2.05) is 0 Å². The maximum absolute atomic E-state index is 11.5. The molecule has 0 saturated carbocycles. The van der Waals surface area contributed by atoms with E-state index in [1.165, 1.54) is 7.11 Å². The van der Waals surface area contributed by atoms with Crippen LogP contribution < -0.4 is 5.32 Å². The summed E-state index contributed by atoms with van der Waals surface area (Å²) in [7, 11) is -1.98. The van der Waals surface area contributed by atoms with Crippen molar-refractivity contribution < 1.29 is 27.9 Å². The number of hydrogen-bond donors (Lipinski definition) is 2. The van der Waals surface area contributed by atoms with Crippen molar-refractivity contribution in [3.05, 3.63) is 0 Å². The summed E-state index contributed by atoms with van der Waals surface area (Å²) in [5.41, 5.74) is 0. The van der Waals surface area contributed by atoms with Gasteiger partial charge in [0, 0.05) is 20.1 Å². The van der Waals surface area contributed by atoms with Gasteiger partial charge < -0.3 is 15.2 Å². The van der Waals surface area contributed by atoms with E-state index in [0.29, 0.717) is 13.0 Å². The molecule has 18 heavy (non-hydrogen) atoms. The zero-order valence-electron chi connectivity index (χ0n) is 10.3. The third-order valence-corrected chi connectivity index (χ3v) is 3.69. The van der Waals surface area contributed by atoms with Crippen molar-refractivity contribution in [2.75, 3.05) is 31.8 Å². The maximum Gasteiger partial charge on any atom is 0.303 e. The summed E-state index contributed by atoms with van der Waals surface area (Å²) in [6.07, 6.45) is 0.482. The predicted molar refractivity (Wildman–Crippen MR) is 65.0 cm³/mol. The first-order chi connectivity index (χ1) is 8.37. The number of hydrogen-bond acceptors (Lipinski definition) is 5. The molecule has 0 aromatic rings. The van der Waals surface area contributed by atoms with Crippen LogP contribution in [-0.2, 0) is 24.2 Å². The van der Waals surface area contributed by atoms with Crippen LogP contribution in [0.5, 0.6) is 0 Å². The van der Waals surface area contributed by atoms with Crippen LogP contribution >= 0.6 is 0 Å². The third kappa shape index (κ3) is 10.0. The van der Waals surface area contributed by atoms with Gasteiger partial charge in [0.05, 0.1) is 12.4 Å². The van der Waals surface area contributed by atoms with Gasteiger partial charge in [-0.3, -0.25) is 9.59 Å². The highest BCUT2D eigenvalue weighted by molar-refractivity contribution is 7.92. The van der Waals surface area contributed by atoms with Gasteiger partial charge in [-0.25, -0.2) is 8.42 Å². The number of sulfone groups is 1. The fraction of sp³-hybridized carbons (Fsp3) is 0.800. The zero-order valence-corrected chi connectivity index (χ0v) is 11.2. The molecule has 0 bridgehead atoms. The van der Waals surface area contributed by atoms with E-state index >= 15 is 0 Å². The molecule has 0 aliphatic carbocycles. The van der Waals surface area contributed by atoms with Crippen molar-refractivity contribution in [2.45, 2.75) is 19.3 Å². The van der Waals surface area contributed by atoms with Crippen molar-refractivity contribution in [2.24, 2.45) is 0 Å². The normalized spacial score (nSPS) is 11.2. The van der Waals surface area contributed by atoms with E-state index in [0.717, 1.165) is 0 Å². The van der Waals surface area contributed by atoms with Crippen molar-refractivity contribution in [3.63, 3.8) is 0 Å². The lowest BCUT2D eigenvalue weighted by Gasteiger charge is -2.05. The number of amides is 1. The highest BCUT2D eigenvalue weighted by Crippen LogP contribution is 2.00. The van der Waals surface area contributed by atoms with Crippen LogP contribution in [-0.4, -0.2) is 57.2 Å². The number of carboxylic acid groups (broad SMARTS) is 1. The van der Waals surface area contributed by atoms with E-state index in [2.05, 4.69) is 5.32 Å². The standard InChI is InChI=1S/C10H19NO6S/c1-17-6-5-11-9(12)8-18(15,16)7-3-2-4-10(13)14/h2-8H2,1H3,(H,11,12)(H,13,14). The molecule has 0 aromatic carbocycles. The van der Waals surface area contributed by atoms with Crippen molar-refractivity contribution >= 4 is 21.7 Å². The SMILES string of the molecule is COCCNC(=O)CS(=O)(=O)CCCCC(=O)O. The van der Waals surface area contributed by atoms with E-state index in [9.17, 15) is 18.0 Å². The Bertz CT molecular complexity index is 365. The van der Waals surface area contributed by atoms with Gasteiger partial charge in [-0.15, -0.1) is 0 Å². The highest BCUT2D eigenvalue weighted by Gasteiger charge is 2.16. The lowest BCUT2D eigenvalue weighted by Crippen LogP contribution is -2.33. The first-order valence-corrected chi connectivity index (χ1v) is 7.37. The topological polar surface area (TPSA) is 110 Å². The van der Waals surface area contributed by atoms with Crippen LogP contribution in [0.25, 0.3) is 0 Å². The number of rotatable bonds is 10. The van der Waals surface area contributed by atoms with Gasteiger partial charge in [0.1, 0.15) is 5.75 Å². The summed E-state index contributed by atoms with van der Waals surface area (Å²) in [6, 6.07) is 0. The molecule has 0 aromatic heterocycles.